The van der Waals surface area contributed by atoms with Crippen molar-refractivity contribution in [2.24, 2.45) is 5.73 Å². The molecule has 2 nitrogen and oxygen atoms in total. The fraction of sp³-hybridized carbons (Fsp3) is 0.250. The zero-order valence-electron chi connectivity index (χ0n) is 11.7. The van der Waals surface area contributed by atoms with Gasteiger partial charge in [0.1, 0.15) is 17.5 Å². The Morgan fingerprint density at radius 2 is 1.57 bits per heavy atom. The molecule has 1 atom stereocenters. The van der Waals surface area contributed by atoms with E-state index in [1.807, 2.05) is 6.92 Å². The van der Waals surface area contributed by atoms with Gasteiger partial charge in [-0.15, -0.1) is 0 Å². The Hall–Kier alpha value is -2.01. The fourth-order valence-electron chi connectivity index (χ4n) is 2.45. The number of anilines is 1. The summed E-state index contributed by atoms with van der Waals surface area (Å²) in [5.74, 6) is -1.63. The smallest absolute Gasteiger partial charge is 0.131 e. The van der Waals surface area contributed by atoms with Gasteiger partial charge in [-0.25, -0.2) is 13.2 Å². The van der Waals surface area contributed by atoms with Crippen LogP contribution in [0.15, 0.2) is 42.5 Å². The van der Waals surface area contributed by atoms with E-state index in [0.717, 1.165) is 0 Å². The predicted octanol–water partition coefficient (Wildman–Crippen LogP) is 3.63. The molecule has 0 spiro atoms. The third kappa shape index (κ3) is 3.19. The van der Waals surface area contributed by atoms with E-state index >= 15 is 0 Å². The maximum Gasteiger partial charge on any atom is 0.131 e. The lowest BCUT2D eigenvalue weighted by Crippen LogP contribution is -2.35. The number of nitrogens with two attached hydrogens (primary N) is 1. The van der Waals surface area contributed by atoms with Gasteiger partial charge in [-0.05, 0) is 43.3 Å². The van der Waals surface area contributed by atoms with E-state index in [1.54, 1.807) is 17.0 Å². The molecule has 112 valence electrons. The molecule has 0 heterocycles. The first-order valence-electron chi connectivity index (χ1n) is 6.74. The van der Waals surface area contributed by atoms with Crippen LogP contribution in [0, 0.1) is 17.5 Å². The maximum atomic E-state index is 14.0. The molecule has 0 fully saturated rings. The monoisotopic (exact) mass is 294 g/mol. The lowest BCUT2D eigenvalue weighted by atomic mass is 10.0. The van der Waals surface area contributed by atoms with Gasteiger partial charge in [-0.3, -0.25) is 0 Å². The molecule has 0 radical (unpaired) electrons. The summed E-state index contributed by atoms with van der Waals surface area (Å²) >= 11 is 0. The molecule has 0 aliphatic rings. The SMILES string of the molecule is CCN(c1ccc(F)cc1)C(CN)c1c(F)cccc1F. The normalized spacial score (nSPS) is 12.2. The number of benzene rings is 2. The van der Waals surface area contributed by atoms with Gasteiger partial charge in [0.05, 0.1) is 6.04 Å². The van der Waals surface area contributed by atoms with E-state index in [9.17, 15) is 13.2 Å². The average Bonchev–Trinajstić information content (AvgIpc) is 2.47. The van der Waals surface area contributed by atoms with Crippen LogP contribution in [0.3, 0.4) is 0 Å². The van der Waals surface area contributed by atoms with Crippen molar-refractivity contribution in [2.75, 3.05) is 18.0 Å². The molecule has 0 aliphatic heterocycles. The second-order valence-corrected chi connectivity index (χ2v) is 4.65. The molecule has 0 aromatic heterocycles. The highest BCUT2D eigenvalue weighted by atomic mass is 19.1. The Morgan fingerprint density at radius 1 is 1.00 bits per heavy atom. The predicted molar refractivity (Wildman–Crippen MR) is 77.6 cm³/mol. The minimum Gasteiger partial charge on any atom is -0.363 e. The Balaban J connectivity index is 2.45. The Kier molecular flexibility index (Phi) is 4.85. The van der Waals surface area contributed by atoms with Gasteiger partial charge in [0.2, 0.25) is 0 Å². The fourth-order valence-corrected chi connectivity index (χ4v) is 2.45. The molecule has 0 aliphatic carbocycles. The number of likely N-dealkylation sites (N-methyl/N-ethyl adjacent to an activating group) is 1. The van der Waals surface area contributed by atoms with Gasteiger partial charge in [-0.1, -0.05) is 6.07 Å². The average molecular weight is 294 g/mol. The molecule has 0 amide bonds. The summed E-state index contributed by atoms with van der Waals surface area (Å²) < 4.78 is 41.0. The van der Waals surface area contributed by atoms with Crippen molar-refractivity contribution in [2.45, 2.75) is 13.0 Å². The number of rotatable bonds is 5. The van der Waals surface area contributed by atoms with Crippen LogP contribution >= 0.6 is 0 Å². The summed E-state index contributed by atoms with van der Waals surface area (Å²) in [7, 11) is 0. The van der Waals surface area contributed by atoms with E-state index in [-0.39, 0.29) is 17.9 Å². The molecule has 0 saturated carbocycles. The summed E-state index contributed by atoms with van der Waals surface area (Å²) in [6.45, 7) is 2.38. The van der Waals surface area contributed by atoms with E-state index in [2.05, 4.69) is 0 Å². The highest BCUT2D eigenvalue weighted by Crippen LogP contribution is 2.29. The van der Waals surface area contributed by atoms with E-state index in [1.165, 1.54) is 30.3 Å². The maximum absolute atomic E-state index is 14.0. The molecule has 0 saturated heterocycles. The van der Waals surface area contributed by atoms with Gasteiger partial charge in [0.15, 0.2) is 0 Å². The minimum atomic E-state index is -0.651. The third-order valence-corrected chi connectivity index (χ3v) is 3.43. The lowest BCUT2D eigenvalue weighted by molar-refractivity contribution is 0.511. The molecule has 2 N–H and O–H groups in total. The molecule has 1 unspecified atom stereocenters. The van der Waals surface area contributed by atoms with Crippen LogP contribution in [0.5, 0.6) is 0 Å². The van der Waals surface area contributed by atoms with Crippen molar-refractivity contribution < 1.29 is 13.2 Å². The number of hydrogen-bond donors (Lipinski definition) is 1. The van der Waals surface area contributed by atoms with Crippen LogP contribution in [0.4, 0.5) is 18.9 Å². The second kappa shape index (κ2) is 6.63. The summed E-state index contributed by atoms with van der Waals surface area (Å²) in [5.41, 5.74) is 6.34. The van der Waals surface area contributed by atoms with Crippen LogP contribution in [-0.4, -0.2) is 13.1 Å². The van der Waals surface area contributed by atoms with Crippen molar-refractivity contribution in [3.63, 3.8) is 0 Å². The first-order valence-corrected chi connectivity index (χ1v) is 6.74. The summed E-state index contributed by atoms with van der Waals surface area (Å²) in [4.78, 5) is 1.75. The summed E-state index contributed by atoms with van der Waals surface area (Å²) in [6, 6.07) is 8.84. The van der Waals surface area contributed by atoms with Gasteiger partial charge in [0, 0.05) is 24.3 Å². The Bertz CT molecular complexity index is 579. The minimum absolute atomic E-state index is 0.0447. The molecule has 2 aromatic rings. The number of halogens is 3. The van der Waals surface area contributed by atoms with Gasteiger partial charge < -0.3 is 10.6 Å². The van der Waals surface area contributed by atoms with Crippen molar-refractivity contribution in [1.29, 1.82) is 0 Å². The second-order valence-electron chi connectivity index (χ2n) is 4.65. The van der Waals surface area contributed by atoms with E-state index in [0.29, 0.717) is 12.2 Å². The van der Waals surface area contributed by atoms with Crippen molar-refractivity contribution in [3.05, 3.63) is 65.5 Å². The molecule has 0 bridgehead atoms. The summed E-state index contributed by atoms with van der Waals surface area (Å²) in [6.07, 6.45) is 0. The molecular weight excluding hydrogens is 277 g/mol. The largest absolute Gasteiger partial charge is 0.363 e. The third-order valence-electron chi connectivity index (χ3n) is 3.43. The van der Waals surface area contributed by atoms with E-state index in [4.69, 9.17) is 5.73 Å². The van der Waals surface area contributed by atoms with Gasteiger partial charge in [0.25, 0.3) is 0 Å². The van der Waals surface area contributed by atoms with Gasteiger partial charge >= 0.3 is 0 Å². The van der Waals surface area contributed by atoms with Crippen LogP contribution in [0.1, 0.15) is 18.5 Å². The number of hydrogen-bond acceptors (Lipinski definition) is 2. The first kappa shape index (κ1) is 15.4. The Labute approximate surface area is 122 Å². The first-order chi connectivity index (χ1) is 10.1. The van der Waals surface area contributed by atoms with Crippen molar-refractivity contribution >= 4 is 5.69 Å². The molecule has 2 rings (SSSR count). The Morgan fingerprint density at radius 3 is 2.05 bits per heavy atom. The lowest BCUT2D eigenvalue weighted by Gasteiger charge is -2.32. The van der Waals surface area contributed by atoms with Crippen LogP contribution < -0.4 is 10.6 Å². The summed E-state index contributed by atoms with van der Waals surface area (Å²) in [5, 5.41) is 0. The zero-order valence-corrected chi connectivity index (χ0v) is 11.7. The van der Waals surface area contributed by atoms with E-state index < -0.39 is 17.7 Å². The highest BCUT2D eigenvalue weighted by molar-refractivity contribution is 5.49. The topological polar surface area (TPSA) is 29.3 Å². The molecular formula is C16H17F3N2. The zero-order chi connectivity index (χ0) is 15.4. The molecule has 21 heavy (non-hydrogen) atoms. The van der Waals surface area contributed by atoms with Crippen LogP contribution in [0.25, 0.3) is 0 Å². The molecule has 2 aromatic carbocycles. The molecule has 5 heteroatoms. The highest BCUT2D eigenvalue weighted by Gasteiger charge is 2.24. The van der Waals surface area contributed by atoms with Crippen LogP contribution in [0.2, 0.25) is 0 Å². The van der Waals surface area contributed by atoms with Crippen molar-refractivity contribution in [1.82, 2.24) is 0 Å². The van der Waals surface area contributed by atoms with Crippen molar-refractivity contribution in [3.8, 4) is 0 Å². The van der Waals surface area contributed by atoms with Gasteiger partial charge in [-0.2, -0.15) is 0 Å². The quantitative estimate of drug-likeness (QED) is 0.912. The standard InChI is InChI=1S/C16H17F3N2/c1-2-21(12-8-6-11(17)7-9-12)15(10-20)16-13(18)4-3-5-14(16)19/h3-9,15H,2,10,20H2,1H3. The van der Waals surface area contributed by atoms with Crippen LogP contribution in [-0.2, 0) is 0 Å². The number of nitrogens with zero attached hydrogens (tertiary/aromatic N) is 1.